The van der Waals surface area contributed by atoms with E-state index in [2.05, 4.69) is 56.8 Å². The van der Waals surface area contributed by atoms with Gasteiger partial charge in [0.2, 0.25) is 0 Å². The van der Waals surface area contributed by atoms with Crippen molar-refractivity contribution >= 4 is 0 Å². The molecule has 4 atom stereocenters. The van der Waals surface area contributed by atoms with E-state index in [0.717, 1.165) is 23.7 Å². The molecule has 2 saturated carbocycles. The van der Waals surface area contributed by atoms with Crippen molar-refractivity contribution in [2.45, 2.75) is 25.7 Å². The molecule has 2 aliphatic carbocycles. The van der Waals surface area contributed by atoms with Crippen LogP contribution < -0.4 is 0 Å². The molecule has 0 aromatic heterocycles. The van der Waals surface area contributed by atoms with Gasteiger partial charge >= 0.3 is 0 Å². The number of hydrogen-bond acceptors (Lipinski definition) is 0. The average Bonchev–Trinajstić information content (AvgIpc) is 2.87. The highest BCUT2D eigenvalue weighted by molar-refractivity contribution is 5.31. The number of rotatable bonds is 3. The first-order chi connectivity index (χ1) is 7.66. The van der Waals surface area contributed by atoms with Crippen molar-refractivity contribution in [2.24, 2.45) is 23.7 Å². The third-order valence-electron chi connectivity index (χ3n) is 4.92. The summed E-state index contributed by atoms with van der Waals surface area (Å²) in [5, 5.41) is 0. The van der Waals surface area contributed by atoms with Crippen LogP contribution in [0, 0.1) is 23.7 Å². The van der Waals surface area contributed by atoms with Gasteiger partial charge in [-0.1, -0.05) is 50.3 Å². The predicted molar refractivity (Wildman–Crippen MR) is 68.2 cm³/mol. The maximum absolute atomic E-state index is 3.95. The van der Waals surface area contributed by atoms with Crippen LogP contribution in [0.4, 0.5) is 0 Å². The summed E-state index contributed by atoms with van der Waals surface area (Å²) in [5.74, 6) is 3.61. The van der Waals surface area contributed by atoms with Crippen molar-refractivity contribution in [1.82, 2.24) is 0 Å². The molecule has 1 aromatic rings. The Morgan fingerprint density at radius 3 is 2.50 bits per heavy atom. The Labute approximate surface area is 98.4 Å². The molecule has 0 bridgehead atoms. The summed E-state index contributed by atoms with van der Waals surface area (Å²) in [6.45, 7) is 8.77. The van der Waals surface area contributed by atoms with Gasteiger partial charge in [-0.15, -0.1) is 6.58 Å². The summed E-state index contributed by atoms with van der Waals surface area (Å²) in [6.07, 6.45) is 3.55. The number of benzene rings is 1. The first-order valence-electron chi connectivity index (χ1n) is 6.34. The summed E-state index contributed by atoms with van der Waals surface area (Å²) >= 11 is 0. The van der Waals surface area contributed by atoms with Crippen LogP contribution >= 0.6 is 0 Å². The average molecular weight is 212 g/mol. The first kappa shape index (κ1) is 10.1. The number of fused-ring (bicyclic) bond motifs is 1. The van der Waals surface area contributed by atoms with Crippen LogP contribution in [-0.2, 0) is 5.41 Å². The lowest BCUT2D eigenvalue weighted by atomic mass is 9.79. The van der Waals surface area contributed by atoms with Gasteiger partial charge in [-0.05, 0) is 41.1 Å². The van der Waals surface area contributed by atoms with Crippen molar-refractivity contribution in [2.75, 3.05) is 0 Å². The van der Waals surface area contributed by atoms with Crippen molar-refractivity contribution in [3.05, 3.63) is 48.6 Å². The Bertz CT molecular complexity index is 401. The van der Waals surface area contributed by atoms with Gasteiger partial charge in [0, 0.05) is 0 Å². The van der Waals surface area contributed by atoms with Gasteiger partial charge in [0.15, 0.2) is 0 Å². The topological polar surface area (TPSA) is 0 Å². The van der Waals surface area contributed by atoms with Crippen LogP contribution in [0.15, 0.2) is 43.0 Å². The molecule has 4 unspecified atom stereocenters. The molecular weight excluding hydrogens is 192 g/mol. The highest BCUT2D eigenvalue weighted by atomic mass is 14.7. The minimum absolute atomic E-state index is 0.342. The van der Waals surface area contributed by atoms with Crippen molar-refractivity contribution < 1.29 is 0 Å². The summed E-state index contributed by atoms with van der Waals surface area (Å²) in [6, 6.07) is 11.0. The standard InChI is InChI=1S/C16H20/c1-4-11-10-13-14(11)15(13)16(2,3)12-8-6-5-7-9-12/h4-9,11,13-15H,1,10H2,2-3H3. The van der Waals surface area contributed by atoms with E-state index < -0.39 is 0 Å². The molecule has 0 amide bonds. The Kier molecular flexibility index (Phi) is 2.04. The van der Waals surface area contributed by atoms with Crippen LogP contribution in [0.3, 0.4) is 0 Å². The molecule has 0 aliphatic heterocycles. The fourth-order valence-corrected chi connectivity index (χ4v) is 3.89. The molecule has 84 valence electrons. The van der Waals surface area contributed by atoms with E-state index in [4.69, 9.17) is 0 Å². The minimum Gasteiger partial charge on any atom is -0.103 e. The van der Waals surface area contributed by atoms with Gasteiger partial charge in [0.05, 0.1) is 0 Å². The number of allylic oxidation sites excluding steroid dienone is 1. The molecule has 0 N–H and O–H groups in total. The molecule has 3 rings (SSSR count). The van der Waals surface area contributed by atoms with Gasteiger partial charge < -0.3 is 0 Å². The van der Waals surface area contributed by atoms with Crippen LogP contribution in [0.1, 0.15) is 25.8 Å². The second-order valence-electron chi connectivity index (χ2n) is 5.99. The molecule has 16 heavy (non-hydrogen) atoms. The fraction of sp³-hybridized carbons (Fsp3) is 0.500. The SMILES string of the molecule is C=CC1CC2C1C2C(C)(C)c1ccccc1. The quantitative estimate of drug-likeness (QED) is 0.663. The molecule has 0 heterocycles. The highest BCUT2D eigenvalue weighted by Crippen LogP contribution is 2.70. The Hall–Kier alpha value is -1.04. The molecule has 0 heteroatoms. The monoisotopic (exact) mass is 212 g/mol. The summed E-state index contributed by atoms with van der Waals surface area (Å²) in [7, 11) is 0. The van der Waals surface area contributed by atoms with Gasteiger partial charge in [-0.3, -0.25) is 0 Å². The maximum Gasteiger partial charge on any atom is -0.00696 e. The van der Waals surface area contributed by atoms with E-state index in [9.17, 15) is 0 Å². The molecule has 2 fully saturated rings. The second kappa shape index (κ2) is 3.23. The van der Waals surface area contributed by atoms with E-state index >= 15 is 0 Å². The van der Waals surface area contributed by atoms with Crippen LogP contribution in [0.25, 0.3) is 0 Å². The Morgan fingerprint density at radius 2 is 1.94 bits per heavy atom. The molecule has 0 radical (unpaired) electrons. The predicted octanol–water partition coefficient (Wildman–Crippen LogP) is 4.03. The van der Waals surface area contributed by atoms with Crippen LogP contribution in [0.5, 0.6) is 0 Å². The van der Waals surface area contributed by atoms with Gasteiger partial charge in [0.1, 0.15) is 0 Å². The zero-order chi connectivity index (χ0) is 11.3. The molecule has 0 spiro atoms. The second-order valence-corrected chi connectivity index (χ2v) is 5.99. The zero-order valence-electron chi connectivity index (χ0n) is 10.2. The minimum atomic E-state index is 0.342. The van der Waals surface area contributed by atoms with Gasteiger partial charge in [-0.25, -0.2) is 0 Å². The summed E-state index contributed by atoms with van der Waals surface area (Å²) in [4.78, 5) is 0. The van der Waals surface area contributed by atoms with Gasteiger partial charge in [0.25, 0.3) is 0 Å². The molecule has 2 aliphatic rings. The van der Waals surface area contributed by atoms with E-state index in [1.165, 1.54) is 12.0 Å². The summed E-state index contributed by atoms with van der Waals surface area (Å²) in [5.41, 5.74) is 1.84. The van der Waals surface area contributed by atoms with Crippen LogP contribution in [-0.4, -0.2) is 0 Å². The highest BCUT2D eigenvalue weighted by Gasteiger charge is 2.66. The van der Waals surface area contributed by atoms with Crippen molar-refractivity contribution in [1.29, 1.82) is 0 Å². The van der Waals surface area contributed by atoms with Crippen molar-refractivity contribution in [3.8, 4) is 0 Å². The lowest BCUT2D eigenvalue weighted by molar-refractivity contribution is 0.355. The van der Waals surface area contributed by atoms with E-state index in [-0.39, 0.29) is 0 Å². The Balaban J connectivity index is 1.83. The first-order valence-corrected chi connectivity index (χ1v) is 6.34. The lowest BCUT2D eigenvalue weighted by Crippen LogP contribution is -2.21. The lowest BCUT2D eigenvalue weighted by Gasteiger charge is -2.25. The molecule has 0 saturated heterocycles. The molecule has 0 nitrogen and oxygen atoms in total. The van der Waals surface area contributed by atoms with Crippen LogP contribution in [0.2, 0.25) is 0 Å². The van der Waals surface area contributed by atoms with E-state index in [1.54, 1.807) is 0 Å². The third kappa shape index (κ3) is 1.22. The smallest absolute Gasteiger partial charge is 0.00696 e. The normalized spacial score (nSPS) is 36.1. The number of hydrogen-bond donors (Lipinski definition) is 0. The zero-order valence-corrected chi connectivity index (χ0v) is 10.2. The fourth-order valence-electron chi connectivity index (χ4n) is 3.89. The van der Waals surface area contributed by atoms with Crippen molar-refractivity contribution in [3.63, 3.8) is 0 Å². The Morgan fingerprint density at radius 1 is 1.25 bits per heavy atom. The van der Waals surface area contributed by atoms with Gasteiger partial charge in [-0.2, -0.15) is 0 Å². The third-order valence-corrected chi connectivity index (χ3v) is 4.92. The maximum atomic E-state index is 3.95. The largest absolute Gasteiger partial charge is 0.103 e. The molecular formula is C16H20. The van der Waals surface area contributed by atoms with E-state index in [1.807, 2.05) is 0 Å². The van der Waals surface area contributed by atoms with E-state index in [0.29, 0.717) is 5.41 Å². The molecule has 1 aromatic carbocycles. The summed E-state index contributed by atoms with van der Waals surface area (Å²) < 4.78 is 0.